The molecule has 1 aliphatic carbocycles. The molecule has 8 nitrogen and oxygen atoms in total. The molecule has 2 heterocycles. The van der Waals surface area contributed by atoms with Gasteiger partial charge in [0.2, 0.25) is 5.43 Å². The number of carboxylic acid groups (broad SMARTS) is 1. The summed E-state index contributed by atoms with van der Waals surface area (Å²) in [4.78, 5) is 39.2. The number of carboxylic acids is 1. The number of halogens is 2. The maximum atomic E-state index is 15.9. The largest absolute Gasteiger partial charge is 0.502 e. The molecular weight excluding hydrogens is 484 g/mol. The zero-order valence-corrected chi connectivity index (χ0v) is 20.4. The lowest BCUT2D eigenvalue weighted by atomic mass is 9.89. The van der Waals surface area contributed by atoms with Crippen molar-refractivity contribution in [3.05, 3.63) is 98.5 Å². The molecule has 0 spiro atoms. The van der Waals surface area contributed by atoms with Crippen molar-refractivity contribution in [3.63, 3.8) is 0 Å². The maximum Gasteiger partial charge on any atom is 0.341 e. The number of nitrogens with zero attached hydrogens (tertiary/aromatic N) is 3. The van der Waals surface area contributed by atoms with Crippen LogP contribution in [0, 0.1) is 0 Å². The second-order valence-corrected chi connectivity index (χ2v) is 9.63. The van der Waals surface area contributed by atoms with Crippen LogP contribution >= 0.6 is 0 Å². The Bertz CT molecular complexity index is 1500. The van der Waals surface area contributed by atoms with E-state index in [4.69, 9.17) is 0 Å². The van der Waals surface area contributed by atoms with Gasteiger partial charge in [0.25, 0.3) is 11.8 Å². The van der Waals surface area contributed by atoms with Crippen molar-refractivity contribution in [1.82, 2.24) is 9.58 Å². The van der Waals surface area contributed by atoms with Gasteiger partial charge in [-0.1, -0.05) is 55.5 Å². The van der Waals surface area contributed by atoms with Crippen molar-refractivity contribution in [1.29, 1.82) is 0 Å². The number of aromatic nitrogens is 1. The zero-order chi connectivity index (χ0) is 26.8. The molecule has 0 fully saturated rings. The molecule has 2 aromatic carbocycles. The fourth-order valence-corrected chi connectivity index (χ4v) is 5.28. The maximum absolute atomic E-state index is 15.9. The van der Waals surface area contributed by atoms with E-state index in [2.05, 4.69) is 0 Å². The lowest BCUT2D eigenvalue weighted by Gasteiger charge is -2.45. The van der Waals surface area contributed by atoms with Crippen LogP contribution < -0.4 is 10.4 Å². The van der Waals surface area contributed by atoms with Gasteiger partial charge >= 0.3 is 5.97 Å². The van der Waals surface area contributed by atoms with Crippen LogP contribution in [0.5, 0.6) is 5.75 Å². The van der Waals surface area contributed by atoms with Crippen LogP contribution in [0.2, 0.25) is 0 Å². The smallest absolute Gasteiger partial charge is 0.341 e. The fraction of sp³-hybridized carbons (Fsp3) is 0.296. The van der Waals surface area contributed by atoms with E-state index >= 15 is 8.78 Å². The Hall–Kier alpha value is -4.21. The second kappa shape index (κ2) is 8.43. The Kier molecular flexibility index (Phi) is 5.58. The lowest BCUT2D eigenvalue weighted by Crippen LogP contribution is -2.57. The highest BCUT2D eigenvalue weighted by atomic mass is 19.3. The van der Waals surface area contributed by atoms with E-state index in [1.165, 1.54) is 24.0 Å². The number of amides is 1. The average Bonchev–Trinajstić information content (AvgIpc) is 2.93. The Morgan fingerprint density at radius 2 is 1.62 bits per heavy atom. The van der Waals surface area contributed by atoms with Crippen molar-refractivity contribution >= 4 is 11.9 Å². The third-order valence-corrected chi connectivity index (χ3v) is 7.27. The molecule has 1 aliphatic heterocycles. The first-order chi connectivity index (χ1) is 17.5. The Morgan fingerprint density at radius 3 is 2.24 bits per heavy atom. The van der Waals surface area contributed by atoms with Crippen LogP contribution in [-0.2, 0) is 5.92 Å². The van der Waals surface area contributed by atoms with Gasteiger partial charge in [-0.25, -0.2) is 13.6 Å². The molecule has 192 valence electrons. The fourth-order valence-electron chi connectivity index (χ4n) is 5.28. The number of alkyl halides is 2. The molecular formula is C27H25F2N3O5. The number of aromatic carboxylic acids is 1. The number of aromatic hydroxyl groups is 1. The summed E-state index contributed by atoms with van der Waals surface area (Å²) in [6, 6.07) is 11.6. The molecule has 10 heteroatoms. The minimum atomic E-state index is -3.23. The topological polar surface area (TPSA) is 103 Å². The molecule has 1 aromatic heterocycles. The second-order valence-electron chi connectivity index (χ2n) is 9.63. The summed E-state index contributed by atoms with van der Waals surface area (Å²) < 4.78 is 32.9. The molecule has 0 bridgehead atoms. The van der Waals surface area contributed by atoms with Gasteiger partial charge in [0.05, 0.1) is 6.04 Å². The van der Waals surface area contributed by atoms with Crippen molar-refractivity contribution in [2.24, 2.45) is 0 Å². The average molecular weight is 510 g/mol. The highest BCUT2D eigenvalue weighted by Gasteiger charge is 2.48. The van der Waals surface area contributed by atoms with Crippen LogP contribution in [0.15, 0.2) is 59.5 Å². The molecule has 2 unspecified atom stereocenters. The van der Waals surface area contributed by atoms with Gasteiger partial charge in [-0.15, -0.1) is 0 Å². The molecule has 0 saturated heterocycles. The zero-order valence-electron chi connectivity index (χ0n) is 20.4. The molecule has 2 N–H and O–H groups in total. The first-order valence-electron chi connectivity index (χ1n) is 11.8. The van der Waals surface area contributed by atoms with Gasteiger partial charge in [0, 0.05) is 23.7 Å². The summed E-state index contributed by atoms with van der Waals surface area (Å²) in [7, 11) is 0. The van der Waals surface area contributed by atoms with Crippen LogP contribution in [0.25, 0.3) is 0 Å². The molecule has 5 rings (SSSR count). The number of carbonyl (C=O) groups is 2. The van der Waals surface area contributed by atoms with Gasteiger partial charge in [0.15, 0.2) is 11.4 Å². The van der Waals surface area contributed by atoms with Crippen LogP contribution in [0.3, 0.4) is 0 Å². The van der Waals surface area contributed by atoms with E-state index in [0.29, 0.717) is 11.1 Å². The van der Waals surface area contributed by atoms with Crippen molar-refractivity contribution in [3.8, 4) is 5.75 Å². The third-order valence-electron chi connectivity index (χ3n) is 7.27. The van der Waals surface area contributed by atoms with Gasteiger partial charge < -0.3 is 15.1 Å². The first-order valence-corrected chi connectivity index (χ1v) is 11.8. The van der Waals surface area contributed by atoms with E-state index < -0.39 is 52.2 Å². The summed E-state index contributed by atoms with van der Waals surface area (Å²) in [5, 5.41) is 21.9. The van der Waals surface area contributed by atoms with Gasteiger partial charge in [-0.3, -0.25) is 19.3 Å². The standard InChI is InChI=1S/C27H25F2N3O5/c1-14(2)30-13-32(31-12-19(26(36)37)23(33)24(34)22(31)25(30)35)21-17-9-5-4-8-16(17)15(3)27(28,29)20-11-7-6-10-18(20)21/h4-12,14-15,21,34H,13H2,1-3H3,(H,36,37). The molecule has 2 atom stereocenters. The number of rotatable bonds is 3. The molecule has 0 saturated carbocycles. The number of pyridine rings is 1. The van der Waals surface area contributed by atoms with Crippen LogP contribution in [-0.4, -0.2) is 44.4 Å². The first kappa shape index (κ1) is 24.5. The molecule has 37 heavy (non-hydrogen) atoms. The number of benzene rings is 2. The number of fused-ring (bicyclic) bond motifs is 3. The number of hydrogen-bond donors (Lipinski definition) is 2. The summed E-state index contributed by atoms with van der Waals surface area (Å²) in [6.45, 7) is 4.84. The third kappa shape index (κ3) is 3.50. The van der Waals surface area contributed by atoms with E-state index in [9.17, 15) is 24.6 Å². The summed E-state index contributed by atoms with van der Waals surface area (Å²) in [5.74, 6) is -7.68. The van der Waals surface area contributed by atoms with E-state index in [1.807, 2.05) is 0 Å². The van der Waals surface area contributed by atoms with Crippen molar-refractivity contribution in [2.75, 3.05) is 11.7 Å². The predicted molar refractivity (Wildman–Crippen MR) is 131 cm³/mol. The predicted octanol–water partition coefficient (Wildman–Crippen LogP) is 4.01. The van der Waals surface area contributed by atoms with E-state index in [-0.39, 0.29) is 23.8 Å². The molecule has 0 radical (unpaired) electrons. The normalized spacial score (nSPS) is 20.2. The van der Waals surface area contributed by atoms with Gasteiger partial charge in [0.1, 0.15) is 12.2 Å². The highest BCUT2D eigenvalue weighted by Crippen LogP contribution is 2.51. The number of carbonyl (C=O) groups excluding carboxylic acids is 1. The number of hydrogen-bond acceptors (Lipinski definition) is 5. The summed E-state index contributed by atoms with van der Waals surface area (Å²) in [5.41, 5.74) is -1.35. The minimum Gasteiger partial charge on any atom is -0.502 e. The SMILES string of the molecule is CC(C)N1CN(C2c3ccccc3C(C)C(F)(F)c3ccccc32)n2cc(C(=O)O)c(=O)c(O)c2C1=O. The van der Waals surface area contributed by atoms with Crippen molar-refractivity contribution in [2.45, 2.75) is 44.7 Å². The Balaban J connectivity index is 1.88. The lowest BCUT2D eigenvalue weighted by molar-refractivity contribution is -0.0284. The van der Waals surface area contributed by atoms with Crippen molar-refractivity contribution < 1.29 is 28.6 Å². The Labute approximate surface area is 211 Å². The molecule has 1 amide bonds. The van der Waals surface area contributed by atoms with E-state index in [0.717, 1.165) is 10.9 Å². The highest BCUT2D eigenvalue weighted by molar-refractivity contribution is 5.98. The van der Waals surface area contributed by atoms with Gasteiger partial charge in [-0.2, -0.15) is 0 Å². The summed E-state index contributed by atoms with van der Waals surface area (Å²) in [6.07, 6.45) is 0.979. The quantitative estimate of drug-likeness (QED) is 0.553. The summed E-state index contributed by atoms with van der Waals surface area (Å²) >= 11 is 0. The van der Waals surface area contributed by atoms with Crippen LogP contribution in [0.4, 0.5) is 8.78 Å². The van der Waals surface area contributed by atoms with Crippen LogP contribution in [0.1, 0.15) is 75.8 Å². The van der Waals surface area contributed by atoms with Gasteiger partial charge in [-0.05, 0) is 30.5 Å². The van der Waals surface area contributed by atoms with E-state index in [1.54, 1.807) is 55.3 Å². The minimum absolute atomic E-state index is 0.113. The monoisotopic (exact) mass is 509 g/mol. The Morgan fingerprint density at radius 1 is 1.03 bits per heavy atom. The molecule has 2 aliphatic rings. The molecule has 3 aromatic rings.